The van der Waals surface area contributed by atoms with Gasteiger partial charge in [-0.1, -0.05) is 40.2 Å². The second-order valence-electron chi connectivity index (χ2n) is 4.62. The molecule has 20 heavy (non-hydrogen) atoms. The van der Waals surface area contributed by atoms with Gasteiger partial charge in [-0.25, -0.2) is 0 Å². The van der Waals surface area contributed by atoms with E-state index in [2.05, 4.69) is 40.3 Å². The Hall–Kier alpha value is -1.52. The SMILES string of the molecule is COc1cccc(CN[C@H](C)c2ccc(Br)cc2)c1O. The largest absolute Gasteiger partial charge is 0.504 e. The number of phenolic OH excluding ortho intramolecular Hbond substituents is 1. The number of hydrogen-bond acceptors (Lipinski definition) is 3. The molecular formula is C16H18BrNO2. The van der Waals surface area contributed by atoms with Crippen LogP contribution in [0.3, 0.4) is 0 Å². The average molecular weight is 336 g/mol. The predicted molar refractivity (Wildman–Crippen MR) is 84.1 cm³/mol. The van der Waals surface area contributed by atoms with Crippen molar-refractivity contribution in [1.82, 2.24) is 5.32 Å². The Morgan fingerprint density at radius 3 is 2.55 bits per heavy atom. The number of rotatable bonds is 5. The lowest BCUT2D eigenvalue weighted by Crippen LogP contribution is -2.18. The minimum Gasteiger partial charge on any atom is -0.504 e. The molecule has 0 aliphatic rings. The molecule has 106 valence electrons. The number of phenols is 1. The fourth-order valence-corrected chi connectivity index (χ4v) is 2.27. The van der Waals surface area contributed by atoms with Gasteiger partial charge in [-0.2, -0.15) is 0 Å². The van der Waals surface area contributed by atoms with Crippen molar-refractivity contribution in [2.45, 2.75) is 19.5 Å². The molecule has 0 spiro atoms. The lowest BCUT2D eigenvalue weighted by atomic mass is 10.1. The molecular weight excluding hydrogens is 318 g/mol. The molecule has 0 aliphatic heterocycles. The van der Waals surface area contributed by atoms with Crippen molar-refractivity contribution in [3.8, 4) is 11.5 Å². The molecule has 0 unspecified atom stereocenters. The summed E-state index contributed by atoms with van der Waals surface area (Å²) < 4.78 is 6.18. The third-order valence-corrected chi connectivity index (χ3v) is 3.80. The number of methoxy groups -OCH3 is 1. The van der Waals surface area contributed by atoms with Gasteiger partial charge in [-0.15, -0.1) is 0 Å². The number of hydrogen-bond donors (Lipinski definition) is 2. The van der Waals surface area contributed by atoms with Crippen LogP contribution in [0.15, 0.2) is 46.9 Å². The number of para-hydroxylation sites is 1. The van der Waals surface area contributed by atoms with Crippen LogP contribution in [0.2, 0.25) is 0 Å². The summed E-state index contributed by atoms with van der Waals surface area (Å²) in [5, 5.41) is 13.4. The zero-order valence-electron chi connectivity index (χ0n) is 11.6. The van der Waals surface area contributed by atoms with E-state index < -0.39 is 0 Å². The van der Waals surface area contributed by atoms with Crippen LogP contribution >= 0.6 is 15.9 Å². The van der Waals surface area contributed by atoms with E-state index in [1.165, 1.54) is 5.56 Å². The maximum Gasteiger partial charge on any atom is 0.162 e. The molecule has 2 rings (SSSR count). The van der Waals surface area contributed by atoms with Gasteiger partial charge in [0, 0.05) is 22.6 Å². The summed E-state index contributed by atoms with van der Waals surface area (Å²) >= 11 is 3.43. The molecule has 2 aromatic rings. The van der Waals surface area contributed by atoms with E-state index >= 15 is 0 Å². The topological polar surface area (TPSA) is 41.5 Å². The molecule has 0 aromatic heterocycles. The van der Waals surface area contributed by atoms with Crippen LogP contribution in [0.5, 0.6) is 11.5 Å². The molecule has 1 atom stereocenters. The van der Waals surface area contributed by atoms with Crippen LogP contribution in [0.4, 0.5) is 0 Å². The summed E-state index contributed by atoms with van der Waals surface area (Å²) in [5.41, 5.74) is 2.03. The summed E-state index contributed by atoms with van der Waals surface area (Å²) in [6.45, 7) is 2.68. The Balaban J connectivity index is 2.03. The van der Waals surface area contributed by atoms with E-state index in [0.29, 0.717) is 12.3 Å². The maximum atomic E-state index is 10.0. The van der Waals surface area contributed by atoms with Gasteiger partial charge in [0.25, 0.3) is 0 Å². The second kappa shape index (κ2) is 6.77. The van der Waals surface area contributed by atoms with Crippen molar-refractivity contribution >= 4 is 15.9 Å². The maximum absolute atomic E-state index is 10.0. The molecule has 2 N–H and O–H groups in total. The van der Waals surface area contributed by atoms with Gasteiger partial charge in [0.1, 0.15) is 0 Å². The molecule has 3 nitrogen and oxygen atoms in total. The molecule has 0 bridgehead atoms. The van der Waals surface area contributed by atoms with Crippen molar-refractivity contribution in [1.29, 1.82) is 0 Å². The number of nitrogens with one attached hydrogen (secondary N) is 1. The molecule has 0 saturated carbocycles. The predicted octanol–water partition coefficient (Wildman–Crippen LogP) is 4.01. The van der Waals surface area contributed by atoms with Crippen LogP contribution in [0, 0.1) is 0 Å². The van der Waals surface area contributed by atoms with Crippen molar-refractivity contribution in [2.75, 3.05) is 7.11 Å². The van der Waals surface area contributed by atoms with Gasteiger partial charge in [-0.05, 0) is 30.7 Å². The first kappa shape index (κ1) is 14.9. The fourth-order valence-electron chi connectivity index (χ4n) is 2.01. The van der Waals surface area contributed by atoms with Crippen molar-refractivity contribution < 1.29 is 9.84 Å². The normalized spacial score (nSPS) is 12.2. The van der Waals surface area contributed by atoms with Gasteiger partial charge in [0.2, 0.25) is 0 Å². The highest BCUT2D eigenvalue weighted by molar-refractivity contribution is 9.10. The van der Waals surface area contributed by atoms with Gasteiger partial charge < -0.3 is 15.2 Å². The first-order valence-electron chi connectivity index (χ1n) is 6.45. The average Bonchev–Trinajstić information content (AvgIpc) is 2.46. The van der Waals surface area contributed by atoms with Crippen LogP contribution in [-0.2, 0) is 6.54 Å². The Morgan fingerprint density at radius 2 is 1.90 bits per heavy atom. The summed E-state index contributed by atoms with van der Waals surface area (Å²) in [6.07, 6.45) is 0. The Bertz CT molecular complexity index is 569. The monoisotopic (exact) mass is 335 g/mol. The number of halogens is 1. The third-order valence-electron chi connectivity index (χ3n) is 3.27. The van der Waals surface area contributed by atoms with Crippen LogP contribution < -0.4 is 10.1 Å². The minimum absolute atomic E-state index is 0.200. The van der Waals surface area contributed by atoms with E-state index in [0.717, 1.165) is 10.0 Å². The second-order valence-corrected chi connectivity index (χ2v) is 5.54. The van der Waals surface area contributed by atoms with Gasteiger partial charge in [0.05, 0.1) is 7.11 Å². The first-order chi connectivity index (χ1) is 9.61. The molecule has 0 saturated heterocycles. The lowest BCUT2D eigenvalue weighted by molar-refractivity contribution is 0.369. The zero-order valence-corrected chi connectivity index (χ0v) is 13.1. The molecule has 2 aromatic carbocycles. The van der Waals surface area contributed by atoms with Gasteiger partial charge in [0.15, 0.2) is 11.5 Å². The Kier molecular flexibility index (Phi) is 5.04. The van der Waals surface area contributed by atoms with Crippen molar-refractivity contribution in [3.63, 3.8) is 0 Å². The number of aromatic hydroxyl groups is 1. The molecule has 0 heterocycles. The minimum atomic E-state index is 0.200. The van der Waals surface area contributed by atoms with Gasteiger partial charge in [-0.3, -0.25) is 0 Å². The Morgan fingerprint density at radius 1 is 1.20 bits per heavy atom. The smallest absolute Gasteiger partial charge is 0.162 e. The van der Waals surface area contributed by atoms with E-state index in [1.807, 2.05) is 24.3 Å². The summed E-state index contributed by atoms with van der Waals surface area (Å²) in [4.78, 5) is 0. The number of ether oxygens (including phenoxy) is 1. The van der Waals surface area contributed by atoms with Gasteiger partial charge >= 0.3 is 0 Å². The van der Waals surface area contributed by atoms with E-state index in [-0.39, 0.29) is 11.8 Å². The lowest BCUT2D eigenvalue weighted by Gasteiger charge is -2.16. The number of benzene rings is 2. The highest BCUT2D eigenvalue weighted by Gasteiger charge is 2.09. The summed E-state index contributed by atoms with van der Waals surface area (Å²) in [7, 11) is 1.55. The van der Waals surface area contributed by atoms with E-state index in [1.54, 1.807) is 13.2 Å². The van der Waals surface area contributed by atoms with E-state index in [9.17, 15) is 5.11 Å². The first-order valence-corrected chi connectivity index (χ1v) is 7.25. The third kappa shape index (κ3) is 3.52. The fraction of sp³-hybridized carbons (Fsp3) is 0.250. The van der Waals surface area contributed by atoms with Crippen LogP contribution in [-0.4, -0.2) is 12.2 Å². The van der Waals surface area contributed by atoms with Crippen molar-refractivity contribution in [2.24, 2.45) is 0 Å². The van der Waals surface area contributed by atoms with Crippen LogP contribution in [0.25, 0.3) is 0 Å². The molecule has 0 radical (unpaired) electrons. The quantitative estimate of drug-likeness (QED) is 0.867. The summed E-state index contributed by atoms with van der Waals surface area (Å²) in [6, 6.07) is 13.9. The summed E-state index contributed by atoms with van der Waals surface area (Å²) in [5.74, 6) is 0.700. The van der Waals surface area contributed by atoms with Crippen LogP contribution in [0.1, 0.15) is 24.1 Å². The van der Waals surface area contributed by atoms with Crippen molar-refractivity contribution in [3.05, 3.63) is 58.1 Å². The molecule has 4 heteroatoms. The highest BCUT2D eigenvalue weighted by Crippen LogP contribution is 2.29. The highest BCUT2D eigenvalue weighted by atomic mass is 79.9. The zero-order chi connectivity index (χ0) is 14.5. The molecule has 0 fully saturated rings. The molecule has 0 aliphatic carbocycles. The Labute approximate surface area is 127 Å². The molecule has 0 amide bonds. The van der Waals surface area contributed by atoms with E-state index in [4.69, 9.17) is 4.74 Å². The standard InChI is InChI=1S/C16H18BrNO2/c1-11(12-6-8-14(17)9-7-12)18-10-13-4-3-5-15(20-2)16(13)19/h3-9,11,18-19H,10H2,1-2H3/t11-/m1/s1.